The van der Waals surface area contributed by atoms with Gasteiger partial charge < -0.3 is 4.90 Å². The highest BCUT2D eigenvalue weighted by Crippen LogP contribution is 2.27. The van der Waals surface area contributed by atoms with Crippen LogP contribution in [0.2, 0.25) is 0 Å². The molecule has 0 N–H and O–H groups in total. The molecule has 0 aromatic heterocycles. The number of hydrogen-bond acceptors (Lipinski definition) is 3. The largest absolute Gasteiger partial charge is 0.312 e. The van der Waals surface area contributed by atoms with E-state index in [4.69, 9.17) is 0 Å². The molecule has 0 saturated carbocycles. The Labute approximate surface area is 148 Å². The Morgan fingerprint density at radius 2 is 1.76 bits per heavy atom. The standard InChI is InChI=1S/C19H20N2O3S/c1-2-14-21(17-7-4-3-5-8-17)25(23,24)18-12-10-16(11-13-18)20-15-6-9-19(20)22/h2-5,7-8,10-13H,1,6,9,14-15H2. The molecule has 0 aliphatic carbocycles. The van der Waals surface area contributed by atoms with Crippen molar-refractivity contribution in [2.75, 3.05) is 22.3 Å². The van der Waals surface area contributed by atoms with Crippen LogP contribution >= 0.6 is 0 Å². The lowest BCUT2D eigenvalue weighted by Gasteiger charge is -2.23. The van der Waals surface area contributed by atoms with Gasteiger partial charge >= 0.3 is 0 Å². The summed E-state index contributed by atoms with van der Waals surface area (Å²) < 4.78 is 27.4. The molecule has 1 amide bonds. The third-order valence-corrected chi connectivity index (χ3v) is 5.96. The fourth-order valence-electron chi connectivity index (χ4n) is 2.90. The summed E-state index contributed by atoms with van der Waals surface area (Å²) in [4.78, 5) is 13.7. The molecule has 0 radical (unpaired) electrons. The van der Waals surface area contributed by atoms with E-state index >= 15 is 0 Å². The van der Waals surface area contributed by atoms with Gasteiger partial charge in [-0.1, -0.05) is 24.3 Å². The van der Waals surface area contributed by atoms with Gasteiger partial charge in [-0.15, -0.1) is 6.58 Å². The number of carbonyl (C=O) groups excluding carboxylic acids is 1. The topological polar surface area (TPSA) is 57.7 Å². The summed E-state index contributed by atoms with van der Waals surface area (Å²) in [6, 6.07) is 15.4. The van der Waals surface area contributed by atoms with E-state index in [9.17, 15) is 13.2 Å². The molecule has 0 spiro atoms. The van der Waals surface area contributed by atoms with Crippen molar-refractivity contribution >= 4 is 27.3 Å². The van der Waals surface area contributed by atoms with Gasteiger partial charge in [0.15, 0.2) is 0 Å². The van der Waals surface area contributed by atoms with Gasteiger partial charge in [-0.3, -0.25) is 9.10 Å². The maximum atomic E-state index is 13.0. The Balaban J connectivity index is 1.92. The first-order valence-electron chi connectivity index (χ1n) is 8.13. The Kier molecular flexibility index (Phi) is 4.90. The van der Waals surface area contributed by atoms with Gasteiger partial charge in [-0.25, -0.2) is 8.42 Å². The van der Waals surface area contributed by atoms with Crippen LogP contribution < -0.4 is 9.21 Å². The molecule has 2 aromatic rings. The summed E-state index contributed by atoms with van der Waals surface area (Å²) in [5.74, 6) is 0.0770. The average molecular weight is 356 g/mol. The molecule has 1 aliphatic rings. The molecule has 25 heavy (non-hydrogen) atoms. The minimum atomic E-state index is -3.71. The minimum Gasteiger partial charge on any atom is -0.312 e. The molecule has 1 fully saturated rings. The van der Waals surface area contributed by atoms with Gasteiger partial charge in [-0.05, 0) is 42.8 Å². The predicted molar refractivity (Wildman–Crippen MR) is 99.2 cm³/mol. The average Bonchev–Trinajstić information content (AvgIpc) is 3.06. The van der Waals surface area contributed by atoms with Crippen molar-refractivity contribution in [3.05, 3.63) is 67.3 Å². The molecule has 1 aliphatic heterocycles. The van der Waals surface area contributed by atoms with Crippen molar-refractivity contribution < 1.29 is 13.2 Å². The number of rotatable bonds is 6. The van der Waals surface area contributed by atoms with E-state index in [-0.39, 0.29) is 17.3 Å². The van der Waals surface area contributed by atoms with E-state index in [2.05, 4.69) is 6.58 Å². The molecule has 3 rings (SSSR count). The first-order chi connectivity index (χ1) is 12.0. The molecule has 2 aromatic carbocycles. The van der Waals surface area contributed by atoms with Crippen LogP contribution in [-0.4, -0.2) is 27.4 Å². The summed E-state index contributed by atoms with van der Waals surface area (Å²) in [5, 5.41) is 0. The fraction of sp³-hybridized carbons (Fsp3) is 0.211. The highest BCUT2D eigenvalue weighted by atomic mass is 32.2. The first kappa shape index (κ1) is 17.2. The first-order valence-corrected chi connectivity index (χ1v) is 9.57. The van der Waals surface area contributed by atoms with Crippen molar-refractivity contribution in [2.24, 2.45) is 0 Å². The smallest absolute Gasteiger partial charge is 0.264 e. The molecule has 130 valence electrons. The number of anilines is 2. The molecule has 1 heterocycles. The highest BCUT2D eigenvalue weighted by Gasteiger charge is 2.25. The van der Waals surface area contributed by atoms with Crippen LogP contribution in [0.25, 0.3) is 0 Å². The lowest BCUT2D eigenvalue weighted by molar-refractivity contribution is -0.117. The molecule has 1 saturated heterocycles. The van der Waals surface area contributed by atoms with E-state index in [0.29, 0.717) is 18.7 Å². The van der Waals surface area contributed by atoms with E-state index in [1.54, 1.807) is 59.5 Å². The zero-order valence-corrected chi connectivity index (χ0v) is 14.7. The van der Waals surface area contributed by atoms with Crippen LogP contribution in [0.5, 0.6) is 0 Å². The van der Waals surface area contributed by atoms with E-state index in [1.165, 1.54) is 4.31 Å². The maximum absolute atomic E-state index is 13.0. The van der Waals surface area contributed by atoms with Gasteiger partial charge in [0.2, 0.25) is 5.91 Å². The molecule has 6 heteroatoms. The summed E-state index contributed by atoms with van der Waals surface area (Å²) in [7, 11) is -3.71. The zero-order valence-electron chi connectivity index (χ0n) is 13.8. The number of carbonyl (C=O) groups is 1. The highest BCUT2D eigenvalue weighted by molar-refractivity contribution is 7.92. The lowest BCUT2D eigenvalue weighted by Crippen LogP contribution is -2.31. The van der Waals surface area contributed by atoms with Crippen molar-refractivity contribution in [3.8, 4) is 0 Å². The number of sulfonamides is 1. The molecular weight excluding hydrogens is 336 g/mol. The summed E-state index contributed by atoms with van der Waals surface area (Å²) in [5.41, 5.74) is 1.32. The van der Waals surface area contributed by atoms with Gasteiger partial charge in [0.1, 0.15) is 0 Å². The molecule has 0 atom stereocenters. The van der Waals surface area contributed by atoms with Gasteiger partial charge in [0, 0.05) is 18.7 Å². The normalized spacial score (nSPS) is 14.6. The number of nitrogens with zero attached hydrogens (tertiary/aromatic N) is 2. The number of para-hydroxylation sites is 1. The quantitative estimate of drug-likeness (QED) is 0.747. The minimum absolute atomic E-state index is 0.0770. The van der Waals surface area contributed by atoms with Crippen LogP contribution in [0.4, 0.5) is 11.4 Å². The second-order valence-electron chi connectivity index (χ2n) is 5.80. The van der Waals surface area contributed by atoms with Crippen molar-refractivity contribution in [3.63, 3.8) is 0 Å². The SMILES string of the molecule is C=CCN(c1ccccc1)S(=O)(=O)c1ccc(N2CCCC2=O)cc1. The number of amides is 1. The monoisotopic (exact) mass is 356 g/mol. The van der Waals surface area contributed by atoms with Crippen molar-refractivity contribution in [1.82, 2.24) is 0 Å². The second kappa shape index (κ2) is 7.11. The van der Waals surface area contributed by atoms with Gasteiger partial charge in [-0.2, -0.15) is 0 Å². The van der Waals surface area contributed by atoms with Crippen LogP contribution in [-0.2, 0) is 14.8 Å². The third kappa shape index (κ3) is 3.44. The maximum Gasteiger partial charge on any atom is 0.264 e. The molecule has 0 unspecified atom stereocenters. The summed E-state index contributed by atoms with van der Waals surface area (Å²) in [6.07, 6.45) is 2.93. The number of benzene rings is 2. The van der Waals surface area contributed by atoms with Gasteiger partial charge in [0.25, 0.3) is 10.0 Å². The van der Waals surface area contributed by atoms with Crippen LogP contribution in [0.3, 0.4) is 0 Å². The second-order valence-corrected chi connectivity index (χ2v) is 7.67. The lowest BCUT2D eigenvalue weighted by atomic mass is 10.3. The van der Waals surface area contributed by atoms with Crippen LogP contribution in [0.1, 0.15) is 12.8 Å². The van der Waals surface area contributed by atoms with Gasteiger partial charge in [0.05, 0.1) is 17.1 Å². The predicted octanol–water partition coefficient (Wildman–Crippen LogP) is 3.19. The Morgan fingerprint density at radius 3 is 2.32 bits per heavy atom. The molecule has 0 bridgehead atoms. The summed E-state index contributed by atoms with van der Waals surface area (Å²) in [6.45, 7) is 4.52. The number of hydrogen-bond donors (Lipinski definition) is 0. The Hall–Kier alpha value is -2.60. The third-order valence-electron chi connectivity index (χ3n) is 4.15. The van der Waals surface area contributed by atoms with Crippen molar-refractivity contribution in [1.29, 1.82) is 0 Å². The Morgan fingerprint density at radius 1 is 1.08 bits per heavy atom. The summed E-state index contributed by atoms with van der Waals surface area (Å²) >= 11 is 0. The molecule has 5 nitrogen and oxygen atoms in total. The van der Waals surface area contributed by atoms with Crippen molar-refractivity contribution in [2.45, 2.75) is 17.7 Å². The fourth-order valence-corrected chi connectivity index (χ4v) is 4.34. The van der Waals surface area contributed by atoms with E-state index in [0.717, 1.165) is 12.1 Å². The van der Waals surface area contributed by atoms with E-state index < -0.39 is 10.0 Å². The van der Waals surface area contributed by atoms with Crippen LogP contribution in [0.15, 0.2) is 72.1 Å². The Bertz CT molecular complexity index is 861. The van der Waals surface area contributed by atoms with E-state index in [1.807, 2.05) is 6.07 Å². The van der Waals surface area contributed by atoms with Crippen LogP contribution in [0, 0.1) is 0 Å². The molecular formula is C19H20N2O3S. The zero-order chi connectivity index (χ0) is 17.9.